The Hall–Kier alpha value is -4.07. The van der Waals surface area contributed by atoms with Crippen LogP contribution in [0.4, 0.5) is 0 Å². The number of rotatable bonds is 23. The van der Waals surface area contributed by atoms with Crippen LogP contribution in [0.2, 0.25) is 0 Å². The maximum atomic E-state index is 13.3. The molecule has 0 aliphatic carbocycles. The van der Waals surface area contributed by atoms with Gasteiger partial charge in [0, 0.05) is 31.9 Å². The summed E-state index contributed by atoms with van der Waals surface area (Å²) in [5.41, 5.74) is 0. The topological polar surface area (TPSA) is 295 Å². The third kappa shape index (κ3) is 17.7. The van der Waals surface area contributed by atoms with Crippen molar-refractivity contribution < 1.29 is 63.6 Å². The number of thioether (sulfide) groups is 1. The van der Waals surface area contributed by atoms with Gasteiger partial charge in [0.1, 0.15) is 30.2 Å². The summed E-state index contributed by atoms with van der Waals surface area (Å²) in [4.78, 5) is 108. The summed E-state index contributed by atoms with van der Waals surface area (Å²) < 4.78 is 0. The molecule has 0 rings (SSSR count). The zero-order chi connectivity index (χ0) is 34.7. The maximum absolute atomic E-state index is 13.3. The van der Waals surface area contributed by atoms with Crippen LogP contribution in [0, 0.1) is 0 Å². The number of hydrogen-bond acceptors (Lipinski definition) is 11. The van der Waals surface area contributed by atoms with E-state index in [0.717, 1.165) is 6.92 Å². The average molecular weight is 682 g/mol. The molecule has 20 heteroatoms. The van der Waals surface area contributed by atoms with E-state index < -0.39 is 116 Å². The molecule has 0 aliphatic heterocycles. The number of carbonyl (C=O) groups excluding carboxylic acids is 5. The van der Waals surface area contributed by atoms with Crippen LogP contribution in [-0.2, 0) is 43.2 Å². The Morgan fingerprint density at radius 2 is 0.867 bits per heavy atom. The van der Waals surface area contributed by atoms with Crippen molar-refractivity contribution in [3.05, 3.63) is 0 Å². The number of carbonyl (C=O) groups is 9. The Kier molecular flexibility index (Phi) is 19.6. The summed E-state index contributed by atoms with van der Waals surface area (Å²) >= 11 is 5.13. The zero-order valence-electron chi connectivity index (χ0n) is 24.6. The van der Waals surface area contributed by atoms with Crippen molar-refractivity contribution in [1.29, 1.82) is 0 Å². The van der Waals surface area contributed by atoms with Crippen LogP contribution < -0.4 is 26.6 Å². The Labute approximate surface area is 267 Å². The van der Waals surface area contributed by atoms with Crippen LogP contribution in [0.25, 0.3) is 0 Å². The molecule has 0 aliphatic rings. The molecule has 5 amide bonds. The first-order valence-electron chi connectivity index (χ1n) is 13.5. The molecule has 45 heavy (non-hydrogen) atoms. The summed E-state index contributed by atoms with van der Waals surface area (Å²) in [6.45, 7) is 1.11. The van der Waals surface area contributed by atoms with Crippen LogP contribution in [-0.4, -0.2) is 122 Å². The highest BCUT2D eigenvalue weighted by molar-refractivity contribution is 7.98. The second-order valence-corrected chi connectivity index (χ2v) is 10.9. The third-order valence-corrected chi connectivity index (χ3v) is 6.95. The van der Waals surface area contributed by atoms with E-state index in [1.165, 1.54) is 11.8 Å². The predicted molar refractivity (Wildman–Crippen MR) is 160 cm³/mol. The lowest BCUT2D eigenvalue weighted by Gasteiger charge is -2.26. The van der Waals surface area contributed by atoms with Gasteiger partial charge in [-0.05, 0) is 37.7 Å². The summed E-state index contributed by atoms with van der Waals surface area (Å²) in [6, 6.07) is -7.33. The van der Waals surface area contributed by atoms with Crippen molar-refractivity contribution in [3.63, 3.8) is 0 Å². The van der Waals surface area contributed by atoms with E-state index in [9.17, 15) is 48.3 Å². The summed E-state index contributed by atoms with van der Waals surface area (Å²) in [5, 5.41) is 47.8. The molecule has 0 aromatic heterocycles. The van der Waals surface area contributed by atoms with E-state index in [2.05, 4.69) is 39.2 Å². The van der Waals surface area contributed by atoms with Crippen molar-refractivity contribution in [1.82, 2.24) is 26.6 Å². The van der Waals surface area contributed by atoms with Gasteiger partial charge in [0.2, 0.25) is 29.5 Å². The van der Waals surface area contributed by atoms with E-state index in [-0.39, 0.29) is 18.6 Å². The molecular weight excluding hydrogens is 642 g/mol. The van der Waals surface area contributed by atoms with Crippen molar-refractivity contribution in [2.24, 2.45) is 0 Å². The standard InChI is InChI=1S/C25H39N5O13S2/c1-12(31)26-13(3-6-18(32)33)21(38)29-16(9-10-45-2)24(41)28-14(4-7-19(34)35)22(39)27-15(5-8-20(36)37)23(40)30-17(11-44)25(42)43/h13-17,44H,3-11H2,1-2H3,(H,26,31)(H,27,39)(H,28,41)(H,29,38)(H,30,40)(H,32,33)(H,34,35)(H,36,37)(H,42,43)/t13-,14-,15-,16-,17-/m0/s1. The number of carboxylic acid groups (broad SMARTS) is 4. The van der Waals surface area contributed by atoms with Crippen LogP contribution in [0.5, 0.6) is 0 Å². The minimum atomic E-state index is -1.61. The first-order valence-corrected chi connectivity index (χ1v) is 15.5. The fraction of sp³-hybridized carbons (Fsp3) is 0.640. The SMILES string of the molecule is CSCC[C@H](NC(=O)[C@H](CCC(=O)O)NC(C)=O)C(=O)N[C@@H](CCC(=O)O)C(=O)N[C@@H](CCC(=O)O)C(=O)N[C@@H](CS)C(=O)O. The normalized spacial score (nSPS) is 13.9. The Bertz CT molecular complexity index is 1110. The first-order chi connectivity index (χ1) is 21.0. The highest BCUT2D eigenvalue weighted by atomic mass is 32.2. The van der Waals surface area contributed by atoms with Gasteiger partial charge < -0.3 is 47.0 Å². The van der Waals surface area contributed by atoms with Crippen molar-refractivity contribution >= 4 is 77.8 Å². The van der Waals surface area contributed by atoms with Gasteiger partial charge in [0.05, 0.1) is 0 Å². The number of hydrogen-bond donors (Lipinski definition) is 10. The molecular formula is C25H39N5O13S2. The monoisotopic (exact) mass is 681 g/mol. The highest BCUT2D eigenvalue weighted by Gasteiger charge is 2.32. The lowest BCUT2D eigenvalue weighted by molar-refractivity contribution is -0.142. The molecule has 0 saturated heterocycles. The van der Waals surface area contributed by atoms with Gasteiger partial charge in [0.25, 0.3) is 0 Å². The molecule has 0 aromatic rings. The highest BCUT2D eigenvalue weighted by Crippen LogP contribution is 2.08. The molecule has 5 atom stereocenters. The van der Waals surface area contributed by atoms with Gasteiger partial charge in [-0.2, -0.15) is 24.4 Å². The zero-order valence-corrected chi connectivity index (χ0v) is 26.3. The molecule has 18 nitrogen and oxygen atoms in total. The number of aliphatic carboxylic acids is 4. The Balaban J connectivity index is 6.07. The van der Waals surface area contributed by atoms with E-state index in [1.807, 2.05) is 0 Å². The minimum Gasteiger partial charge on any atom is -0.481 e. The second-order valence-electron chi connectivity index (χ2n) is 9.60. The molecule has 254 valence electrons. The molecule has 0 bridgehead atoms. The third-order valence-electron chi connectivity index (χ3n) is 5.94. The van der Waals surface area contributed by atoms with Crippen molar-refractivity contribution in [2.75, 3.05) is 17.8 Å². The van der Waals surface area contributed by atoms with E-state index in [1.54, 1.807) is 6.26 Å². The van der Waals surface area contributed by atoms with Gasteiger partial charge in [0.15, 0.2) is 0 Å². The summed E-state index contributed by atoms with van der Waals surface area (Å²) in [6.07, 6.45) is -1.30. The number of nitrogens with one attached hydrogen (secondary N) is 5. The smallest absolute Gasteiger partial charge is 0.327 e. The predicted octanol–water partition coefficient (Wildman–Crippen LogP) is -2.21. The molecule has 0 fully saturated rings. The quantitative estimate of drug-likeness (QED) is 0.0512. The molecule has 0 aromatic carbocycles. The van der Waals surface area contributed by atoms with Gasteiger partial charge >= 0.3 is 23.9 Å². The van der Waals surface area contributed by atoms with Crippen molar-refractivity contribution in [3.8, 4) is 0 Å². The first kappa shape index (κ1) is 40.9. The van der Waals surface area contributed by atoms with E-state index in [4.69, 9.17) is 15.3 Å². The van der Waals surface area contributed by atoms with Crippen molar-refractivity contribution in [2.45, 2.75) is 82.1 Å². The Morgan fingerprint density at radius 1 is 0.556 bits per heavy atom. The number of carboxylic acids is 4. The average Bonchev–Trinajstić information content (AvgIpc) is 2.94. The number of thiol groups is 1. The fourth-order valence-electron chi connectivity index (χ4n) is 3.63. The largest absolute Gasteiger partial charge is 0.481 e. The van der Waals surface area contributed by atoms with Gasteiger partial charge in [-0.25, -0.2) is 4.79 Å². The number of amides is 5. The van der Waals surface area contributed by atoms with Crippen LogP contribution in [0.15, 0.2) is 0 Å². The van der Waals surface area contributed by atoms with Gasteiger partial charge in [-0.1, -0.05) is 0 Å². The lowest BCUT2D eigenvalue weighted by atomic mass is 10.1. The van der Waals surface area contributed by atoms with E-state index in [0.29, 0.717) is 5.75 Å². The second kappa shape index (κ2) is 21.6. The van der Waals surface area contributed by atoms with Gasteiger partial charge in [-0.15, -0.1) is 0 Å². The van der Waals surface area contributed by atoms with Crippen LogP contribution in [0.3, 0.4) is 0 Å². The van der Waals surface area contributed by atoms with Gasteiger partial charge in [-0.3, -0.25) is 38.4 Å². The fourth-order valence-corrected chi connectivity index (χ4v) is 4.35. The molecule has 0 radical (unpaired) electrons. The Morgan fingerprint density at radius 3 is 1.13 bits per heavy atom. The molecule has 9 N–H and O–H groups in total. The maximum Gasteiger partial charge on any atom is 0.327 e. The molecule has 0 saturated carbocycles. The van der Waals surface area contributed by atoms with E-state index >= 15 is 0 Å². The molecule has 0 unspecified atom stereocenters. The molecule has 0 heterocycles. The summed E-state index contributed by atoms with van der Waals surface area (Å²) in [5.74, 6) is -10.0. The molecule has 0 spiro atoms. The minimum absolute atomic E-state index is 0.00167. The van der Waals surface area contributed by atoms with Crippen LogP contribution >= 0.6 is 24.4 Å². The lowest BCUT2D eigenvalue weighted by Crippen LogP contribution is -2.59. The van der Waals surface area contributed by atoms with Crippen LogP contribution in [0.1, 0.15) is 51.9 Å². The summed E-state index contributed by atoms with van der Waals surface area (Å²) in [7, 11) is 0.